The van der Waals surface area contributed by atoms with E-state index in [1.54, 1.807) is 18.2 Å². The number of amides is 1. The Morgan fingerprint density at radius 3 is 2.44 bits per heavy atom. The van der Waals surface area contributed by atoms with Gasteiger partial charge in [0.25, 0.3) is 5.91 Å². The minimum absolute atomic E-state index is 0.0158. The van der Waals surface area contributed by atoms with Crippen LogP contribution in [-0.4, -0.2) is 45.4 Å². The van der Waals surface area contributed by atoms with Crippen LogP contribution < -0.4 is 14.8 Å². The number of hydrogen-bond donors (Lipinski definition) is 1. The van der Waals surface area contributed by atoms with E-state index in [-0.39, 0.29) is 16.2 Å². The molecule has 2 aromatic carbocycles. The summed E-state index contributed by atoms with van der Waals surface area (Å²) in [4.78, 5) is 13.0. The molecule has 0 atom stereocenters. The van der Waals surface area contributed by atoms with Crippen LogP contribution in [0.4, 0.5) is 5.69 Å². The molecule has 0 radical (unpaired) electrons. The summed E-state index contributed by atoms with van der Waals surface area (Å²) in [5.74, 6) is 0.404. The molecular formula is C24H32N2O5S. The second-order valence-corrected chi connectivity index (χ2v) is 9.74. The van der Waals surface area contributed by atoms with E-state index in [9.17, 15) is 13.2 Å². The number of para-hydroxylation sites is 2. The molecule has 0 aliphatic carbocycles. The number of sulfonamides is 1. The van der Waals surface area contributed by atoms with E-state index >= 15 is 0 Å². The van der Waals surface area contributed by atoms with Crippen molar-refractivity contribution in [3.63, 3.8) is 0 Å². The molecule has 0 spiro atoms. The van der Waals surface area contributed by atoms with Gasteiger partial charge in [-0.25, -0.2) is 8.42 Å². The molecule has 1 heterocycles. The number of rotatable bonds is 9. The molecule has 0 aromatic heterocycles. The Bertz CT molecular complexity index is 1010. The van der Waals surface area contributed by atoms with E-state index in [0.717, 1.165) is 38.5 Å². The molecule has 1 fully saturated rings. The van der Waals surface area contributed by atoms with Gasteiger partial charge in [-0.05, 0) is 49.6 Å². The number of benzene rings is 2. The predicted molar refractivity (Wildman–Crippen MR) is 125 cm³/mol. The summed E-state index contributed by atoms with van der Waals surface area (Å²) in [6.07, 6.45) is 5.62. The zero-order valence-corrected chi connectivity index (χ0v) is 19.6. The van der Waals surface area contributed by atoms with Crippen LogP contribution in [-0.2, 0) is 10.0 Å². The largest absolute Gasteiger partial charge is 0.495 e. The highest BCUT2D eigenvalue weighted by Crippen LogP contribution is 2.30. The van der Waals surface area contributed by atoms with Crippen LogP contribution in [0.2, 0.25) is 0 Å². The van der Waals surface area contributed by atoms with Crippen LogP contribution >= 0.6 is 0 Å². The quantitative estimate of drug-likeness (QED) is 0.549. The number of carbonyl (C=O) groups is 1. The van der Waals surface area contributed by atoms with Gasteiger partial charge in [-0.3, -0.25) is 4.79 Å². The van der Waals surface area contributed by atoms with Gasteiger partial charge in [-0.15, -0.1) is 0 Å². The highest BCUT2D eigenvalue weighted by Gasteiger charge is 2.29. The van der Waals surface area contributed by atoms with Crippen LogP contribution in [0.25, 0.3) is 0 Å². The smallest absolute Gasteiger partial charge is 0.255 e. The van der Waals surface area contributed by atoms with Gasteiger partial charge in [0.1, 0.15) is 16.4 Å². The molecule has 8 heteroatoms. The third kappa shape index (κ3) is 5.81. The molecule has 1 N–H and O–H groups in total. The monoisotopic (exact) mass is 460 g/mol. The lowest BCUT2D eigenvalue weighted by Crippen LogP contribution is -2.32. The second-order valence-electron chi connectivity index (χ2n) is 7.84. The van der Waals surface area contributed by atoms with Crippen molar-refractivity contribution in [1.29, 1.82) is 0 Å². The average Bonchev–Trinajstić information content (AvgIpc) is 3.10. The van der Waals surface area contributed by atoms with Crippen LogP contribution in [0.1, 0.15) is 55.8 Å². The normalized spacial score (nSPS) is 15.1. The minimum atomic E-state index is -3.78. The summed E-state index contributed by atoms with van der Waals surface area (Å²) in [6.45, 7) is 3.59. The molecule has 0 unspecified atom stereocenters. The van der Waals surface area contributed by atoms with Gasteiger partial charge in [-0.2, -0.15) is 4.31 Å². The zero-order valence-electron chi connectivity index (χ0n) is 18.8. The number of unbranched alkanes of at least 4 members (excludes halogenated alkanes) is 1. The zero-order chi connectivity index (χ0) is 23.0. The van der Waals surface area contributed by atoms with E-state index in [1.165, 1.54) is 23.5 Å². The van der Waals surface area contributed by atoms with Crippen molar-refractivity contribution in [2.24, 2.45) is 0 Å². The summed E-state index contributed by atoms with van der Waals surface area (Å²) in [5, 5.41) is 2.85. The lowest BCUT2D eigenvalue weighted by atomic mass is 10.2. The first-order chi connectivity index (χ1) is 15.5. The molecular weight excluding hydrogens is 428 g/mol. The van der Waals surface area contributed by atoms with Gasteiger partial charge in [0.15, 0.2) is 0 Å². The highest BCUT2D eigenvalue weighted by molar-refractivity contribution is 7.89. The predicted octanol–water partition coefficient (Wildman–Crippen LogP) is 4.69. The third-order valence-corrected chi connectivity index (χ3v) is 7.42. The summed E-state index contributed by atoms with van der Waals surface area (Å²) < 4.78 is 39.3. The fourth-order valence-electron chi connectivity index (χ4n) is 3.66. The van der Waals surface area contributed by atoms with E-state index in [2.05, 4.69) is 12.2 Å². The van der Waals surface area contributed by atoms with Crippen molar-refractivity contribution in [2.45, 2.75) is 50.3 Å². The van der Waals surface area contributed by atoms with Crippen LogP contribution in [0.3, 0.4) is 0 Å². The first-order valence-electron chi connectivity index (χ1n) is 11.2. The molecule has 1 aliphatic heterocycles. The van der Waals surface area contributed by atoms with Gasteiger partial charge in [0.05, 0.1) is 19.4 Å². The first kappa shape index (κ1) is 24.1. The van der Waals surface area contributed by atoms with Crippen LogP contribution in [0, 0.1) is 0 Å². The molecule has 3 rings (SSSR count). The maximum absolute atomic E-state index is 13.3. The lowest BCUT2D eigenvalue weighted by Gasteiger charge is -2.21. The number of nitrogens with zero attached hydrogens (tertiary/aromatic N) is 1. The maximum atomic E-state index is 13.3. The standard InChI is InChI=1S/C24H32N2O5S/c1-3-4-17-31-21-12-8-7-11-20(21)25-24(27)19-13-14-22(30-2)23(18-19)32(28,29)26-15-9-5-6-10-16-26/h7-8,11-14,18H,3-6,9-10,15-17H2,1-2H3,(H,25,27). The average molecular weight is 461 g/mol. The SMILES string of the molecule is CCCCOc1ccccc1NC(=O)c1ccc(OC)c(S(=O)(=O)N2CCCCCC2)c1. The molecule has 2 aromatic rings. The van der Waals surface area contributed by atoms with Gasteiger partial charge in [0.2, 0.25) is 10.0 Å². The minimum Gasteiger partial charge on any atom is -0.495 e. The number of carbonyl (C=O) groups excluding carboxylic acids is 1. The fraction of sp³-hybridized carbons (Fsp3) is 0.458. The molecule has 174 valence electrons. The van der Waals surface area contributed by atoms with Crippen LogP contribution in [0.5, 0.6) is 11.5 Å². The Morgan fingerprint density at radius 1 is 1.03 bits per heavy atom. The molecule has 32 heavy (non-hydrogen) atoms. The Kier molecular flexibility index (Phi) is 8.53. The second kappa shape index (κ2) is 11.3. The Labute approximate surface area is 190 Å². The highest BCUT2D eigenvalue weighted by atomic mass is 32.2. The molecule has 1 saturated heterocycles. The summed E-state index contributed by atoms with van der Waals surface area (Å²) in [6, 6.07) is 11.7. The van der Waals surface area contributed by atoms with E-state index in [0.29, 0.717) is 31.1 Å². The van der Waals surface area contributed by atoms with Gasteiger partial charge in [-0.1, -0.05) is 38.3 Å². The van der Waals surface area contributed by atoms with Crippen molar-refractivity contribution in [3.05, 3.63) is 48.0 Å². The van der Waals surface area contributed by atoms with Gasteiger partial charge >= 0.3 is 0 Å². The molecule has 1 aliphatic rings. The summed E-state index contributed by atoms with van der Waals surface area (Å²) >= 11 is 0. The number of nitrogens with one attached hydrogen (secondary N) is 1. The Hall–Kier alpha value is -2.58. The topological polar surface area (TPSA) is 84.9 Å². The van der Waals surface area contributed by atoms with E-state index in [1.807, 2.05) is 12.1 Å². The maximum Gasteiger partial charge on any atom is 0.255 e. The first-order valence-corrected chi connectivity index (χ1v) is 12.6. The van der Waals surface area contributed by atoms with Crippen molar-refractivity contribution < 1.29 is 22.7 Å². The van der Waals surface area contributed by atoms with E-state index in [4.69, 9.17) is 9.47 Å². The molecule has 7 nitrogen and oxygen atoms in total. The van der Waals surface area contributed by atoms with Gasteiger partial charge in [0, 0.05) is 18.7 Å². The lowest BCUT2D eigenvalue weighted by molar-refractivity contribution is 0.102. The summed E-state index contributed by atoms with van der Waals surface area (Å²) in [5.41, 5.74) is 0.781. The number of hydrogen-bond acceptors (Lipinski definition) is 5. The summed E-state index contributed by atoms with van der Waals surface area (Å²) in [7, 11) is -2.35. The van der Waals surface area contributed by atoms with Crippen molar-refractivity contribution >= 4 is 21.6 Å². The van der Waals surface area contributed by atoms with Crippen molar-refractivity contribution in [2.75, 3.05) is 32.1 Å². The third-order valence-electron chi connectivity index (χ3n) is 5.50. The number of ether oxygens (including phenoxy) is 2. The molecule has 1 amide bonds. The molecule has 0 saturated carbocycles. The van der Waals surface area contributed by atoms with Crippen molar-refractivity contribution in [3.8, 4) is 11.5 Å². The Morgan fingerprint density at radius 2 is 1.75 bits per heavy atom. The van der Waals surface area contributed by atoms with Crippen LogP contribution in [0.15, 0.2) is 47.4 Å². The number of methoxy groups -OCH3 is 1. The fourth-order valence-corrected chi connectivity index (χ4v) is 5.36. The van der Waals surface area contributed by atoms with E-state index < -0.39 is 15.9 Å². The Balaban J connectivity index is 1.86. The number of anilines is 1. The van der Waals surface area contributed by atoms with Gasteiger partial charge < -0.3 is 14.8 Å². The van der Waals surface area contributed by atoms with Crippen molar-refractivity contribution in [1.82, 2.24) is 4.31 Å². The molecule has 0 bridgehead atoms.